The molecule has 0 saturated heterocycles. The van der Waals surface area contributed by atoms with Gasteiger partial charge in [0, 0.05) is 14.1 Å². The van der Waals surface area contributed by atoms with Crippen molar-refractivity contribution in [1.82, 2.24) is 4.90 Å². The van der Waals surface area contributed by atoms with E-state index < -0.39 is 12.0 Å². The Labute approximate surface area is 176 Å². The summed E-state index contributed by atoms with van der Waals surface area (Å²) in [7, 11) is 3.38. The van der Waals surface area contributed by atoms with Gasteiger partial charge in [0.1, 0.15) is 5.75 Å². The van der Waals surface area contributed by atoms with E-state index in [1.807, 2.05) is 78.9 Å². The summed E-state index contributed by atoms with van der Waals surface area (Å²) in [6, 6.07) is 26.8. The molecule has 152 valence electrons. The van der Waals surface area contributed by atoms with E-state index in [1.54, 1.807) is 25.1 Å². The van der Waals surface area contributed by atoms with Gasteiger partial charge in [-0.05, 0) is 23.3 Å². The topological polar surface area (TPSA) is 49.9 Å². The zero-order valence-electron chi connectivity index (χ0n) is 17.1. The molecule has 0 aromatic heterocycles. The summed E-state index contributed by atoms with van der Waals surface area (Å²) >= 11 is 0. The molecular formula is C25H24N2O3. The minimum absolute atomic E-state index is 0.0836. The van der Waals surface area contributed by atoms with E-state index in [-0.39, 0.29) is 18.4 Å². The lowest BCUT2D eigenvalue weighted by molar-refractivity contribution is -0.136. The van der Waals surface area contributed by atoms with Crippen LogP contribution in [0.15, 0.2) is 84.9 Å². The number of likely N-dealkylation sites (N-methyl/N-ethyl adjacent to an activating group) is 1. The van der Waals surface area contributed by atoms with Crippen LogP contribution in [0.1, 0.15) is 17.0 Å². The fourth-order valence-corrected chi connectivity index (χ4v) is 3.78. The molecule has 3 aromatic rings. The van der Waals surface area contributed by atoms with Gasteiger partial charge in [0.15, 0.2) is 6.10 Å². The van der Waals surface area contributed by atoms with E-state index in [2.05, 4.69) is 0 Å². The van der Waals surface area contributed by atoms with Gasteiger partial charge < -0.3 is 14.5 Å². The Balaban J connectivity index is 1.78. The Kier molecular flexibility index (Phi) is 5.53. The molecule has 5 nitrogen and oxygen atoms in total. The van der Waals surface area contributed by atoms with Crippen LogP contribution in [-0.4, -0.2) is 43.5 Å². The first kappa shape index (κ1) is 19.7. The highest BCUT2D eigenvalue weighted by molar-refractivity contribution is 6.02. The zero-order chi connectivity index (χ0) is 21.1. The molecule has 0 saturated carbocycles. The first-order chi connectivity index (χ1) is 14.6. The molecule has 1 heterocycles. The number of carbonyl (C=O) groups excluding carboxylic acids is 2. The minimum Gasteiger partial charge on any atom is -0.476 e. The molecule has 1 atom stereocenters. The van der Waals surface area contributed by atoms with Gasteiger partial charge in [-0.1, -0.05) is 72.8 Å². The molecule has 0 aliphatic carbocycles. The molecule has 4 rings (SSSR count). The summed E-state index contributed by atoms with van der Waals surface area (Å²) in [6.45, 7) is 0.170. The van der Waals surface area contributed by atoms with Crippen LogP contribution >= 0.6 is 0 Å². The van der Waals surface area contributed by atoms with Crippen molar-refractivity contribution in [3.63, 3.8) is 0 Å². The van der Waals surface area contributed by atoms with E-state index in [4.69, 9.17) is 4.74 Å². The number of carbonyl (C=O) groups is 2. The number of nitrogens with zero attached hydrogens (tertiary/aromatic N) is 2. The maximum Gasteiger partial charge on any atom is 0.265 e. The number of fused-ring (bicyclic) bond motifs is 1. The van der Waals surface area contributed by atoms with E-state index in [9.17, 15) is 9.59 Å². The Morgan fingerprint density at radius 3 is 1.97 bits per heavy atom. The molecule has 30 heavy (non-hydrogen) atoms. The average molecular weight is 400 g/mol. The van der Waals surface area contributed by atoms with Gasteiger partial charge in [-0.25, -0.2) is 0 Å². The summed E-state index contributed by atoms with van der Waals surface area (Å²) in [5.74, 6) is -0.191. The second-order valence-electron chi connectivity index (χ2n) is 7.51. The fourth-order valence-electron chi connectivity index (χ4n) is 3.78. The van der Waals surface area contributed by atoms with Gasteiger partial charge in [0.05, 0.1) is 18.2 Å². The van der Waals surface area contributed by atoms with Crippen LogP contribution in [0.4, 0.5) is 5.69 Å². The zero-order valence-corrected chi connectivity index (χ0v) is 17.1. The van der Waals surface area contributed by atoms with Crippen molar-refractivity contribution >= 4 is 17.5 Å². The highest BCUT2D eigenvalue weighted by atomic mass is 16.5. The van der Waals surface area contributed by atoms with Gasteiger partial charge in [0.2, 0.25) is 5.91 Å². The van der Waals surface area contributed by atoms with Crippen molar-refractivity contribution in [2.24, 2.45) is 0 Å². The van der Waals surface area contributed by atoms with Crippen LogP contribution < -0.4 is 9.64 Å². The fraction of sp³-hybridized carbons (Fsp3) is 0.200. The molecule has 0 unspecified atom stereocenters. The van der Waals surface area contributed by atoms with Crippen LogP contribution in [-0.2, 0) is 9.59 Å². The van der Waals surface area contributed by atoms with E-state index in [0.29, 0.717) is 11.4 Å². The van der Waals surface area contributed by atoms with E-state index in [1.165, 1.54) is 4.90 Å². The molecule has 1 aliphatic rings. The van der Waals surface area contributed by atoms with Crippen molar-refractivity contribution in [3.05, 3.63) is 96.1 Å². The van der Waals surface area contributed by atoms with E-state index in [0.717, 1.165) is 11.1 Å². The number of ether oxygens (including phenoxy) is 1. The largest absolute Gasteiger partial charge is 0.476 e. The Morgan fingerprint density at radius 1 is 0.867 bits per heavy atom. The van der Waals surface area contributed by atoms with Crippen LogP contribution in [0.5, 0.6) is 5.75 Å². The standard InChI is InChI=1S/C25H24N2O3/c1-26(2)24(28)22-17-27(20-15-9-10-16-21(20)30-22)25(29)23(18-11-5-3-6-12-18)19-13-7-4-8-14-19/h3-16,22-23H,17H2,1-2H3/t22-/m0/s1. The van der Waals surface area contributed by atoms with Crippen molar-refractivity contribution in [2.75, 3.05) is 25.5 Å². The second-order valence-corrected chi connectivity index (χ2v) is 7.51. The van der Waals surface area contributed by atoms with Gasteiger partial charge >= 0.3 is 0 Å². The van der Waals surface area contributed by atoms with E-state index >= 15 is 0 Å². The molecule has 0 fully saturated rings. The van der Waals surface area contributed by atoms with Gasteiger partial charge in [-0.15, -0.1) is 0 Å². The third kappa shape index (κ3) is 3.79. The normalized spacial score (nSPS) is 15.3. The lowest BCUT2D eigenvalue weighted by Gasteiger charge is -2.37. The van der Waals surface area contributed by atoms with Gasteiger partial charge in [-0.3, -0.25) is 9.59 Å². The highest BCUT2D eigenvalue weighted by Crippen LogP contribution is 2.37. The van der Waals surface area contributed by atoms with Crippen LogP contribution in [0.3, 0.4) is 0 Å². The van der Waals surface area contributed by atoms with Crippen molar-refractivity contribution < 1.29 is 14.3 Å². The summed E-state index contributed by atoms with van der Waals surface area (Å²) in [6.07, 6.45) is -0.744. The van der Waals surface area contributed by atoms with Crippen LogP contribution in [0.2, 0.25) is 0 Å². The second kappa shape index (κ2) is 8.41. The molecule has 2 amide bonds. The van der Waals surface area contributed by atoms with Gasteiger partial charge in [-0.2, -0.15) is 0 Å². The number of hydrogen-bond acceptors (Lipinski definition) is 3. The Morgan fingerprint density at radius 2 is 1.40 bits per heavy atom. The maximum atomic E-state index is 13.9. The number of benzene rings is 3. The summed E-state index contributed by atoms with van der Waals surface area (Å²) in [4.78, 5) is 29.8. The monoisotopic (exact) mass is 400 g/mol. The van der Waals surface area contributed by atoms with Crippen molar-refractivity contribution in [2.45, 2.75) is 12.0 Å². The average Bonchev–Trinajstić information content (AvgIpc) is 2.79. The molecule has 5 heteroatoms. The number of rotatable bonds is 4. The molecule has 1 aliphatic heterocycles. The summed E-state index contributed by atoms with van der Waals surface area (Å²) in [5.41, 5.74) is 2.50. The first-order valence-electron chi connectivity index (χ1n) is 9.94. The number of para-hydroxylation sites is 2. The smallest absolute Gasteiger partial charge is 0.265 e. The Hall–Kier alpha value is -3.60. The molecule has 0 N–H and O–H groups in total. The molecule has 0 radical (unpaired) electrons. The van der Waals surface area contributed by atoms with Gasteiger partial charge in [0.25, 0.3) is 5.91 Å². The predicted octanol–water partition coefficient (Wildman–Crippen LogP) is 3.70. The van der Waals surface area contributed by atoms with Crippen molar-refractivity contribution in [1.29, 1.82) is 0 Å². The summed E-state index contributed by atoms with van der Waals surface area (Å²) < 4.78 is 5.94. The van der Waals surface area contributed by atoms with Crippen LogP contribution in [0, 0.1) is 0 Å². The Bertz CT molecular complexity index is 995. The quantitative estimate of drug-likeness (QED) is 0.671. The number of anilines is 1. The maximum absolute atomic E-state index is 13.9. The molecule has 0 spiro atoms. The molecular weight excluding hydrogens is 376 g/mol. The third-order valence-electron chi connectivity index (χ3n) is 5.27. The number of hydrogen-bond donors (Lipinski definition) is 0. The highest BCUT2D eigenvalue weighted by Gasteiger charge is 2.37. The minimum atomic E-state index is -0.744. The lowest BCUT2D eigenvalue weighted by atomic mass is 9.89. The molecule has 3 aromatic carbocycles. The first-order valence-corrected chi connectivity index (χ1v) is 9.94. The summed E-state index contributed by atoms with van der Waals surface area (Å²) in [5, 5.41) is 0. The SMILES string of the molecule is CN(C)C(=O)[C@@H]1CN(C(=O)C(c2ccccc2)c2ccccc2)c2ccccc2O1. The van der Waals surface area contributed by atoms with Crippen molar-refractivity contribution in [3.8, 4) is 5.75 Å². The predicted molar refractivity (Wildman–Crippen MR) is 117 cm³/mol. The van der Waals surface area contributed by atoms with Crippen LogP contribution in [0.25, 0.3) is 0 Å². The number of amides is 2. The third-order valence-corrected chi connectivity index (χ3v) is 5.27. The molecule has 0 bridgehead atoms. The lowest BCUT2D eigenvalue weighted by Crippen LogP contribution is -2.51.